The summed E-state index contributed by atoms with van der Waals surface area (Å²) >= 11 is 0. The lowest BCUT2D eigenvalue weighted by molar-refractivity contribution is -0.253. The van der Waals surface area contributed by atoms with Crippen molar-refractivity contribution in [2.45, 2.75) is 49.9 Å². The van der Waals surface area contributed by atoms with Crippen molar-refractivity contribution in [2.24, 2.45) is 0 Å². The number of amides is 1. The van der Waals surface area contributed by atoms with Gasteiger partial charge in [0.1, 0.15) is 17.4 Å². The average molecular weight is 563 g/mol. The molecule has 0 radical (unpaired) electrons. The monoisotopic (exact) mass is 563 g/mol. The van der Waals surface area contributed by atoms with Crippen LogP contribution < -0.4 is 10.1 Å². The van der Waals surface area contributed by atoms with Crippen molar-refractivity contribution >= 4 is 5.91 Å². The van der Waals surface area contributed by atoms with Crippen LogP contribution in [-0.4, -0.2) is 24.6 Å². The summed E-state index contributed by atoms with van der Waals surface area (Å²) in [5.41, 5.74) is -1.60. The molecule has 39 heavy (non-hydrogen) atoms. The van der Waals surface area contributed by atoms with Gasteiger partial charge in [-0.3, -0.25) is 4.79 Å². The summed E-state index contributed by atoms with van der Waals surface area (Å²) in [6, 6.07) is 14.8. The number of benzene rings is 3. The van der Waals surface area contributed by atoms with Crippen molar-refractivity contribution in [3.8, 4) is 5.75 Å². The van der Waals surface area contributed by atoms with E-state index in [0.717, 1.165) is 24.3 Å². The number of hydrogen-bond acceptors (Lipinski definition) is 2. The van der Waals surface area contributed by atoms with Crippen LogP contribution >= 0.6 is 0 Å². The molecule has 12 heteroatoms. The lowest BCUT2D eigenvalue weighted by Gasteiger charge is -2.37. The molecule has 0 bridgehead atoms. The quantitative estimate of drug-likeness (QED) is 0.245. The number of halogens is 9. The van der Waals surface area contributed by atoms with E-state index >= 15 is 4.39 Å². The van der Waals surface area contributed by atoms with Crippen LogP contribution in [0, 0.1) is 11.6 Å². The maximum atomic E-state index is 15.6. The van der Waals surface area contributed by atoms with Gasteiger partial charge in [0.15, 0.2) is 0 Å². The molecule has 0 fully saturated rings. The first kappa shape index (κ1) is 29.9. The second kappa shape index (κ2) is 12.0. The summed E-state index contributed by atoms with van der Waals surface area (Å²) in [7, 11) is 0. The van der Waals surface area contributed by atoms with E-state index in [0.29, 0.717) is 11.6 Å². The summed E-state index contributed by atoms with van der Waals surface area (Å²) in [6.07, 6.45) is -16.2. The highest BCUT2D eigenvalue weighted by Gasteiger charge is 2.44. The van der Waals surface area contributed by atoms with Crippen LogP contribution in [0.15, 0.2) is 72.8 Å². The molecule has 0 saturated heterocycles. The summed E-state index contributed by atoms with van der Waals surface area (Å²) in [6.45, 7) is 0. The Balaban J connectivity index is 2.12. The van der Waals surface area contributed by atoms with Crippen molar-refractivity contribution in [1.82, 2.24) is 5.32 Å². The Morgan fingerprint density at radius 1 is 0.872 bits per heavy atom. The van der Waals surface area contributed by atoms with E-state index in [1.807, 2.05) is 0 Å². The SMILES string of the molecule is O=C(CCCC(F)(F)F)NC(Cc1ccccc1)(c1ccc(F)cc1)c1ccc(OC(F)(F)C(F)F)cc1F. The fraction of sp³-hybridized carbons (Fsp3) is 0.296. The molecule has 1 atom stereocenters. The van der Waals surface area contributed by atoms with Crippen molar-refractivity contribution in [1.29, 1.82) is 0 Å². The van der Waals surface area contributed by atoms with Crippen LogP contribution in [0.3, 0.4) is 0 Å². The molecular formula is C27H22F9NO2. The lowest BCUT2D eigenvalue weighted by atomic mass is 9.77. The predicted molar refractivity (Wildman–Crippen MR) is 123 cm³/mol. The van der Waals surface area contributed by atoms with Gasteiger partial charge in [0.05, 0.1) is 5.54 Å². The number of nitrogens with one attached hydrogen (secondary N) is 1. The molecule has 0 aliphatic rings. The third kappa shape index (κ3) is 7.90. The van der Waals surface area contributed by atoms with Crippen LogP contribution in [0.25, 0.3) is 0 Å². The maximum Gasteiger partial charge on any atom is 0.461 e. The van der Waals surface area contributed by atoms with Gasteiger partial charge >= 0.3 is 18.7 Å². The van der Waals surface area contributed by atoms with Crippen LogP contribution in [0.5, 0.6) is 5.75 Å². The van der Waals surface area contributed by atoms with Crippen molar-refractivity contribution in [3.05, 3.63) is 101 Å². The topological polar surface area (TPSA) is 38.3 Å². The summed E-state index contributed by atoms with van der Waals surface area (Å²) in [5, 5.41) is 2.57. The van der Waals surface area contributed by atoms with E-state index < -0.39 is 66.8 Å². The van der Waals surface area contributed by atoms with E-state index in [9.17, 15) is 39.9 Å². The highest BCUT2D eigenvalue weighted by molar-refractivity contribution is 5.78. The third-order valence-electron chi connectivity index (χ3n) is 5.77. The van der Waals surface area contributed by atoms with E-state index in [2.05, 4.69) is 10.1 Å². The molecule has 3 nitrogen and oxygen atoms in total. The number of ether oxygens (including phenoxy) is 1. The van der Waals surface area contributed by atoms with E-state index in [4.69, 9.17) is 0 Å². The van der Waals surface area contributed by atoms with Gasteiger partial charge in [-0.05, 0) is 41.8 Å². The Morgan fingerprint density at radius 3 is 2.08 bits per heavy atom. The molecule has 0 heterocycles. The Bertz CT molecular complexity index is 1250. The molecule has 3 aromatic rings. The number of rotatable bonds is 11. The van der Waals surface area contributed by atoms with Crippen molar-refractivity contribution in [2.75, 3.05) is 0 Å². The van der Waals surface area contributed by atoms with Gasteiger partial charge in [0.2, 0.25) is 5.91 Å². The van der Waals surface area contributed by atoms with Gasteiger partial charge in [-0.2, -0.15) is 30.7 Å². The molecule has 210 valence electrons. The van der Waals surface area contributed by atoms with Crippen LogP contribution in [-0.2, 0) is 16.8 Å². The first-order chi connectivity index (χ1) is 18.2. The molecule has 0 aliphatic carbocycles. The van der Waals surface area contributed by atoms with Crippen molar-refractivity contribution < 1.29 is 49.0 Å². The Kier molecular flexibility index (Phi) is 9.18. The van der Waals surface area contributed by atoms with Crippen LogP contribution in [0.2, 0.25) is 0 Å². The standard InChI is InChI=1S/C27H22F9NO2/c28-19-10-8-18(9-11-19)25(16-17-5-2-1-3-6-17,37-23(38)7-4-14-26(32,33)34)21-13-12-20(15-22(21)29)39-27(35,36)24(30)31/h1-3,5-6,8-13,15,24H,4,7,14,16H2,(H,37,38). The van der Waals surface area contributed by atoms with Gasteiger partial charge in [-0.25, -0.2) is 8.78 Å². The van der Waals surface area contributed by atoms with Crippen LogP contribution in [0.4, 0.5) is 39.5 Å². The zero-order valence-electron chi connectivity index (χ0n) is 20.1. The summed E-state index contributed by atoms with van der Waals surface area (Å²) in [5.74, 6) is -3.77. The normalized spacial score (nSPS) is 13.7. The molecule has 3 aromatic carbocycles. The first-order valence-corrected chi connectivity index (χ1v) is 11.5. The highest BCUT2D eigenvalue weighted by Crippen LogP contribution is 2.38. The minimum absolute atomic E-state index is 0.113. The fourth-order valence-corrected chi connectivity index (χ4v) is 4.03. The van der Waals surface area contributed by atoms with Crippen molar-refractivity contribution in [3.63, 3.8) is 0 Å². The number of carbonyl (C=O) groups excluding carboxylic acids is 1. The molecule has 1 amide bonds. The van der Waals surface area contributed by atoms with E-state index in [-0.39, 0.29) is 17.5 Å². The Morgan fingerprint density at radius 2 is 1.51 bits per heavy atom. The number of hydrogen-bond donors (Lipinski definition) is 1. The maximum absolute atomic E-state index is 15.6. The predicted octanol–water partition coefficient (Wildman–Crippen LogP) is 7.54. The number of alkyl halides is 7. The molecule has 1 unspecified atom stereocenters. The van der Waals surface area contributed by atoms with Gasteiger partial charge in [0, 0.05) is 30.9 Å². The summed E-state index contributed by atoms with van der Waals surface area (Å²) < 4.78 is 123. The smallest absolute Gasteiger partial charge is 0.428 e. The zero-order valence-corrected chi connectivity index (χ0v) is 20.1. The minimum Gasteiger partial charge on any atom is -0.428 e. The van der Waals surface area contributed by atoms with Gasteiger partial charge < -0.3 is 10.1 Å². The molecule has 0 saturated carbocycles. The van der Waals surface area contributed by atoms with E-state index in [1.54, 1.807) is 30.3 Å². The molecule has 1 N–H and O–H groups in total. The second-order valence-corrected chi connectivity index (χ2v) is 8.70. The second-order valence-electron chi connectivity index (χ2n) is 8.70. The summed E-state index contributed by atoms with van der Waals surface area (Å²) in [4.78, 5) is 12.9. The Labute approximate surface area is 217 Å². The lowest BCUT2D eigenvalue weighted by Crippen LogP contribution is -2.49. The van der Waals surface area contributed by atoms with Gasteiger partial charge in [-0.1, -0.05) is 42.5 Å². The molecule has 0 spiro atoms. The largest absolute Gasteiger partial charge is 0.461 e. The minimum atomic E-state index is -4.92. The average Bonchev–Trinajstić information content (AvgIpc) is 2.83. The van der Waals surface area contributed by atoms with Gasteiger partial charge in [0.25, 0.3) is 0 Å². The fourth-order valence-electron chi connectivity index (χ4n) is 4.03. The Hall–Kier alpha value is -3.70. The first-order valence-electron chi connectivity index (χ1n) is 11.5. The molecule has 0 aromatic heterocycles. The van der Waals surface area contributed by atoms with E-state index in [1.165, 1.54) is 12.1 Å². The number of carbonyl (C=O) groups is 1. The van der Waals surface area contributed by atoms with Gasteiger partial charge in [-0.15, -0.1) is 0 Å². The molecule has 0 aliphatic heterocycles. The third-order valence-corrected chi connectivity index (χ3v) is 5.77. The molecular weight excluding hydrogens is 541 g/mol. The highest BCUT2D eigenvalue weighted by atomic mass is 19.4. The molecule has 3 rings (SSSR count). The van der Waals surface area contributed by atoms with Crippen LogP contribution in [0.1, 0.15) is 36.0 Å². The zero-order chi connectivity index (χ0) is 28.8.